The van der Waals surface area contributed by atoms with E-state index in [1.165, 1.54) is 57.8 Å². The number of unbranched alkanes of at least 4 members (excludes halogenated alkanes) is 9. The average Bonchev–Trinajstić information content (AvgIpc) is 2.21. The quantitative estimate of drug-likeness (QED) is 0.328. The first-order chi connectivity index (χ1) is 6.91. The molecule has 0 heteroatoms. The molecule has 0 unspecified atom stereocenters. The third-order valence-electron chi connectivity index (χ3n) is 2.61. The second-order valence-electron chi connectivity index (χ2n) is 4.04. The lowest BCUT2D eigenvalue weighted by atomic mass is 10.1. The van der Waals surface area contributed by atoms with Crippen molar-refractivity contribution >= 4 is 0 Å². The zero-order valence-electron chi connectivity index (χ0n) is 9.93. The summed E-state index contributed by atoms with van der Waals surface area (Å²) in [5.41, 5.74) is 0. The molecule has 0 aromatic carbocycles. The maximum absolute atomic E-state index is 3.86. The number of rotatable bonds is 10. The van der Waals surface area contributed by atoms with E-state index in [1.807, 2.05) is 0 Å². The maximum Gasteiger partial charge on any atom is -0.0351 e. The number of allylic oxidation sites excluding steroid dienone is 2. The normalized spacial score (nSPS) is 11.3. The molecule has 0 saturated heterocycles. The van der Waals surface area contributed by atoms with Crippen LogP contribution in [0.4, 0.5) is 0 Å². The lowest BCUT2D eigenvalue weighted by Crippen LogP contribution is -1.80. The Hall–Kier alpha value is -0.260. The summed E-state index contributed by atoms with van der Waals surface area (Å²) in [5, 5.41) is 0. The summed E-state index contributed by atoms with van der Waals surface area (Å²) in [5.74, 6) is 0. The SMILES string of the molecule is [CH2]CCCCCCCCCC/C=C/C. The first-order valence-electron chi connectivity index (χ1n) is 6.32. The van der Waals surface area contributed by atoms with Crippen LogP contribution in [0.2, 0.25) is 0 Å². The molecule has 0 aliphatic heterocycles. The Balaban J connectivity index is 2.85. The van der Waals surface area contributed by atoms with Gasteiger partial charge in [0, 0.05) is 0 Å². The maximum atomic E-state index is 3.86. The highest BCUT2D eigenvalue weighted by Gasteiger charge is 1.90. The van der Waals surface area contributed by atoms with Crippen LogP contribution in [0.25, 0.3) is 0 Å². The van der Waals surface area contributed by atoms with Gasteiger partial charge in [0.1, 0.15) is 0 Å². The minimum atomic E-state index is 1.11. The van der Waals surface area contributed by atoms with Crippen LogP contribution in [-0.2, 0) is 0 Å². The summed E-state index contributed by atoms with van der Waals surface area (Å²) in [7, 11) is 0. The molecule has 0 heterocycles. The first-order valence-corrected chi connectivity index (χ1v) is 6.32. The van der Waals surface area contributed by atoms with Gasteiger partial charge in [-0.2, -0.15) is 0 Å². The topological polar surface area (TPSA) is 0 Å². The molecule has 0 nitrogen and oxygen atoms in total. The van der Waals surface area contributed by atoms with Crippen molar-refractivity contribution in [1.29, 1.82) is 0 Å². The molecule has 0 spiro atoms. The summed E-state index contributed by atoms with van der Waals surface area (Å²) in [4.78, 5) is 0. The molecule has 0 aliphatic rings. The van der Waals surface area contributed by atoms with Crippen molar-refractivity contribution in [2.75, 3.05) is 0 Å². The van der Waals surface area contributed by atoms with Crippen molar-refractivity contribution < 1.29 is 0 Å². The second kappa shape index (κ2) is 12.7. The molecule has 0 saturated carbocycles. The van der Waals surface area contributed by atoms with Crippen LogP contribution >= 0.6 is 0 Å². The summed E-state index contributed by atoms with van der Waals surface area (Å²) in [6.07, 6.45) is 18.0. The lowest BCUT2D eigenvalue weighted by Gasteiger charge is -2.00. The molecule has 0 rings (SSSR count). The van der Waals surface area contributed by atoms with E-state index in [0.29, 0.717) is 0 Å². The molecule has 14 heavy (non-hydrogen) atoms. The minimum Gasteiger partial charge on any atom is -0.0917 e. The van der Waals surface area contributed by atoms with E-state index in [-0.39, 0.29) is 0 Å². The predicted octanol–water partition coefficient (Wildman–Crippen LogP) is 5.30. The lowest BCUT2D eigenvalue weighted by molar-refractivity contribution is 0.571. The van der Waals surface area contributed by atoms with Crippen LogP contribution in [0.1, 0.15) is 71.1 Å². The van der Waals surface area contributed by atoms with Crippen molar-refractivity contribution in [1.82, 2.24) is 0 Å². The second-order valence-corrected chi connectivity index (χ2v) is 4.04. The van der Waals surface area contributed by atoms with Gasteiger partial charge in [0.25, 0.3) is 0 Å². The summed E-state index contributed by atoms with van der Waals surface area (Å²) >= 11 is 0. The molecule has 0 aromatic rings. The Kier molecular flexibility index (Phi) is 12.5. The van der Waals surface area contributed by atoms with Crippen LogP contribution in [0.5, 0.6) is 0 Å². The molecule has 0 fully saturated rings. The smallest absolute Gasteiger partial charge is 0.0351 e. The first kappa shape index (κ1) is 13.7. The molecule has 0 aromatic heterocycles. The third kappa shape index (κ3) is 11.7. The van der Waals surface area contributed by atoms with Gasteiger partial charge in [-0.1, -0.05) is 70.4 Å². The van der Waals surface area contributed by atoms with Crippen molar-refractivity contribution in [2.24, 2.45) is 0 Å². The van der Waals surface area contributed by atoms with Crippen LogP contribution in [0, 0.1) is 6.92 Å². The van der Waals surface area contributed by atoms with Gasteiger partial charge < -0.3 is 0 Å². The van der Waals surface area contributed by atoms with Crippen LogP contribution in [0.3, 0.4) is 0 Å². The Morgan fingerprint density at radius 3 is 1.79 bits per heavy atom. The Morgan fingerprint density at radius 1 is 0.786 bits per heavy atom. The Bertz CT molecular complexity index is 113. The average molecular weight is 195 g/mol. The van der Waals surface area contributed by atoms with Gasteiger partial charge in [-0.15, -0.1) is 0 Å². The summed E-state index contributed by atoms with van der Waals surface area (Å²) in [6, 6.07) is 0. The van der Waals surface area contributed by atoms with Crippen LogP contribution < -0.4 is 0 Å². The van der Waals surface area contributed by atoms with Crippen molar-refractivity contribution in [3.63, 3.8) is 0 Å². The predicted molar refractivity (Wildman–Crippen MR) is 66.3 cm³/mol. The van der Waals surface area contributed by atoms with Gasteiger partial charge in [-0.3, -0.25) is 0 Å². The summed E-state index contributed by atoms with van der Waals surface area (Å²) in [6.45, 7) is 5.95. The third-order valence-corrected chi connectivity index (χ3v) is 2.61. The van der Waals surface area contributed by atoms with E-state index in [0.717, 1.165) is 6.42 Å². The van der Waals surface area contributed by atoms with Gasteiger partial charge >= 0.3 is 0 Å². The zero-order valence-corrected chi connectivity index (χ0v) is 9.93. The monoisotopic (exact) mass is 195 g/mol. The van der Waals surface area contributed by atoms with E-state index in [4.69, 9.17) is 0 Å². The van der Waals surface area contributed by atoms with Gasteiger partial charge in [0.2, 0.25) is 0 Å². The van der Waals surface area contributed by atoms with E-state index in [2.05, 4.69) is 26.0 Å². The van der Waals surface area contributed by atoms with Crippen molar-refractivity contribution in [3.05, 3.63) is 19.1 Å². The highest BCUT2D eigenvalue weighted by atomic mass is 14.0. The fourth-order valence-electron chi connectivity index (χ4n) is 1.67. The van der Waals surface area contributed by atoms with Gasteiger partial charge in [0.05, 0.1) is 0 Å². The molecule has 0 aliphatic carbocycles. The highest BCUT2D eigenvalue weighted by Crippen LogP contribution is 2.10. The van der Waals surface area contributed by atoms with E-state index in [1.54, 1.807) is 0 Å². The van der Waals surface area contributed by atoms with E-state index >= 15 is 0 Å². The van der Waals surface area contributed by atoms with Gasteiger partial charge in [-0.05, 0) is 19.8 Å². The molecule has 0 N–H and O–H groups in total. The fraction of sp³-hybridized carbons (Fsp3) is 0.786. The standard InChI is InChI=1S/C14H27/c1-3-5-7-9-11-13-14-12-10-8-6-4-2/h4,6H,1,3,5,7-14H2,2H3/b6-4+. The van der Waals surface area contributed by atoms with Crippen LogP contribution in [0.15, 0.2) is 12.2 Å². The van der Waals surface area contributed by atoms with Crippen LogP contribution in [-0.4, -0.2) is 0 Å². The Morgan fingerprint density at radius 2 is 1.29 bits per heavy atom. The van der Waals surface area contributed by atoms with Gasteiger partial charge in [0.15, 0.2) is 0 Å². The largest absolute Gasteiger partial charge is 0.0917 e. The zero-order chi connectivity index (χ0) is 10.5. The molecule has 0 amide bonds. The van der Waals surface area contributed by atoms with Crippen molar-refractivity contribution in [2.45, 2.75) is 71.1 Å². The molecule has 0 atom stereocenters. The molecule has 83 valence electrons. The molecule has 0 bridgehead atoms. The van der Waals surface area contributed by atoms with E-state index in [9.17, 15) is 0 Å². The van der Waals surface area contributed by atoms with Crippen molar-refractivity contribution in [3.8, 4) is 0 Å². The number of hydrogen-bond donors (Lipinski definition) is 0. The fourth-order valence-corrected chi connectivity index (χ4v) is 1.67. The molecular weight excluding hydrogens is 168 g/mol. The Labute approximate surface area is 90.8 Å². The van der Waals surface area contributed by atoms with E-state index < -0.39 is 0 Å². The molecular formula is C14H27. The minimum absolute atomic E-state index is 1.11. The highest BCUT2D eigenvalue weighted by molar-refractivity contribution is 4.76. The number of hydrogen-bond acceptors (Lipinski definition) is 0. The molecule has 1 radical (unpaired) electrons. The van der Waals surface area contributed by atoms with Gasteiger partial charge in [-0.25, -0.2) is 0 Å². The summed E-state index contributed by atoms with van der Waals surface area (Å²) < 4.78 is 0.